The number of para-hydroxylation sites is 2. The van der Waals surface area contributed by atoms with Crippen LogP contribution in [0.15, 0.2) is 128 Å². The Balaban J connectivity index is 1.48. The summed E-state index contributed by atoms with van der Waals surface area (Å²) in [6.45, 7) is 5.86. The minimum Gasteiger partial charge on any atom is -0.313 e. The number of allylic oxidation sites excluding steroid dienone is 7. The van der Waals surface area contributed by atoms with Crippen LogP contribution >= 0.6 is 0 Å². The largest absolute Gasteiger partial charge is 0.313 e. The van der Waals surface area contributed by atoms with Crippen molar-refractivity contribution < 1.29 is 0 Å². The van der Waals surface area contributed by atoms with Gasteiger partial charge in [-0.1, -0.05) is 104 Å². The molecule has 7 aromatic rings. The fourth-order valence-corrected chi connectivity index (χ4v) is 6.76. The number of benzene rings is 4. The van der Waals surface area contributed by atoms with Crippen molar-refractivity contribution in [3.8, 4) is 17.3 Å². The lowest BCUT2D eigenvalue weighted by Gasteiger charge is -2.16. The maximum atomic E-state index is 5.13. The minimum absolute atomic E-state index is 0.593. The molecule has 4 aromatic carbocycles. The molecule has 3 aromatic heterocycles. The summed E-state index contributed by atoms with van der Waals surface area (Å²) in [6, 6.07) is 32.2. The Morgan fingerprint density at radius 1 is 0.711 bits per heavy atom. The van der Waals surface area contributed by atoms with E-state index in [1.54, 1.807) is 6.08 Å². The van der Waals surface area contributed by atoms with Crippen molar-refractivity contribution in [1.82, 2.24) is 24.1 Å². The summed E-state index contributed by atoms with van der Waals surface area (Å²) >= 11 is 0. The van der Waals surface area contributed by atoms with Crippen molar-refractivity contribution >= 4 is 54.9 Å². The van der Waals surface area contributed by atoms with Gasteiger partial charge in [0.1, 0.15) is 0 Å². The van der Waals surface area contributed by atoms with Crippen LogP contribution in [0.25, 0.3) is 72.2 Å². The van der Waals surface area contributed by atoms with Gasteiger partial charge in [0, 0.05) is 38.4 Å². The van der Waals surface area contributed by atoms with Gasteiger partial charge in [0.15, 0.2) is 11.6 Å². The SMILES string of the molecule is C=C/C=C\C(=C/C)c1nc(-c2ccccc2)nc(-n2c3ccccc3c3cc4c5ccccc5n(C5=CCCCC5)c4cc32)n1. The van der Waals surface area contributed by atoms with Crippen LogP contribution in [0.2, 0.25) is 0 Å². The van der Waals surface area contributed by atoms with Crippen molar-refractivity contribution in [1.29, 1.82) is 0 Å². The van der Waals surface area contributed by atoms with Gasteiger partial charge in [-0.2, -0.15) is 9.97 Å². The lowest BCUT2D eigenvalue weighted by atomic mass is 10.0. The van der Waals surface area contributed by atoms with E-state index in [2.05, 4.69) is 82.5 Å². The molecular formula is C40H33N5. The summed E-state index contributed by atoms with van der Waals surface area (Å²) in [4.78, 5) is 15.2. The van der Waals surface area contributed by atoms with Crippen molar-refractivity contribution in [3.05, 3.63) is 134 Å². The lowest BCUT2D eigenvalue weighted by molar-refractivity contribution is 0.724. The van der Waals surface area contributed by atoms with Crippen molar-refractivity contribution in [3.63, 3.8) is 0 Å². The van der Waals surface area contributed by atoms with Crippen molar-refractivity contribution in [2.24, 2.45) is 0 Å². The van der Waals surface area contributed by atoms with Gasteiger partial charge in [-0.25, -0.2) is 4.98 Å². The average Bonchev–Trinajstić information content (AvgIpc) is 3.60. The maximum Gasteiger partial charge on any atom is 0.238 e. The Hall–Kier alpha value is -5.55. The molecule has 0 N–H and O–H groups in total. The molecule has 3 heterocycles. The molecule has 0 aliphatic heterocycles. The highest BCUT2D eigenvalue weighted by Crippen LogP contribution is 2.40. The second-order valence-electron chi connectivity index (χ2n) is 11.5. The van der Waals surface area contributed by atoms with E-state index in [1.165, 1.54) is 51.1 Å². The van der Waals surface area contributed by atoms with E-state index in [9.17, 15) is 0 Å². The fourth-order valence-electron chi connectivity index (χ4n) is 6.76. The molecular weight excluding hydrogens is 550 g/mol. The quantitative estimate of drug-likeness (QED) is 0.183. The first kappa shape index (κ1) is 27.0. The third kappa shape index (κ3) is 4.51. The molecule has 0 amide bonds. The Bertz CT molecular complexity index is 2350. The zero-order valence-corrected chi connectivity index (χ0v) is 25.3. The second-order valence-corrected chi connectivity index (χ2v) is 11.5. The van der Waals surface area contributed by atoms with Crippen LogP contribution in [-0.2, 0) is 0 Å². The number of aromatic nitrogens is 5. The molecule has 5 heteroatoms. The standard InChI is InChI=1S/C40H33N5/c1-3-5-16-27(4-2)38-41-39(28-17-8-6-9-18-28)43-40(42-38)45-35-24-15-13-22-31(35)33-25-32-30-21-12-14-23-34(30)44(36(32)26-37(33)45)29-19-10-7-11-20-29/h3-6,8-9,12-19,21-26H,1,7,10-11,20H2,2H3/b16-5-,27-4+. The fraction of sp³-hybridized carbons (Fsp3) is 0.125. The topological polar surface area (TPSA) is 48.5 Å². The van der Waals surface area contributed by atoms with E-state index in [-0.39, 0.29) is 0 Å². The van der Waals surface area contributed by atoms with Crippen molar-refractivity contribution in [2.75, 3.05) is 0 Å². The molecule has 0 spiro atoms. The molecule has 1 aliphatic carbocycles. The predicted octanol–water partition coefficient (Wildman–Crippen LogP) is 10.3. The van der Waals surface area contributed by atoms with Crippen LogP contribution in [0.3, 0.4) is 0 Å². The van der Waals surface area contributed by atoms with Gasteiger partial charge in [-0.15, -0.1) is 0 Å². The van der Waals surface area contributed by atoms with E-state index >= 15 is 0 Å². The van der Waals surface area contributed by atoms with E-state index in [1.807, 2.05) is 55.5 Å². The Kier molecular flexibility index (Phi) is 6.72. The Morgan fingerprint density at radius 2 is 1.40 bits per heavy atom. The molecule has 5 nitrogen and oxygen atoms in total. The molecule has 0 atom stereocenters. The number of hydrogen-bond acceptors (Lipinski definition) is 3. The van der Waals surface area contributed by atoms with E-state index in [4.69, 9.17) is 15.0 Å². The minimum atomic E-state index is 0.593. The van der Waals surface area contributed by atoms with Crippen molar-refractivity contribution in [2.45, 2.75) is 32.6 Å². The lowest BCUT2D eigenvalue weighted by Crippen LogP contribution is -2.08. The summed E-state index contributed by atoms with van der Waals surface area (Å²) in [7, 11) is 0. The maximum absolute atomic E-state index is 5.13. The summed E-state index contributed by atoms with van der Waals surface area (Å²) < 4.78 is 4.70. The first-order chi connectivity index (χ1) is 22.2. The Morgan fingerprint density at radius 3 is 2.09 bits per heavy atom. The third-order valence-electron chi connectivity index (χ3n) is 8.86. The van der Waals surface area contributed by atoms with E-state index in [0.717, 1.165) is 35.0 Å². The monoisotopic (exact) mass is 583 g/mol. The van der Waals surface area contributed by atoms with Crippen LogP contribution in [-0.4, -0.2) is 24.1 Å². The highest BCUT2D eigenvalue weighted by molar-refractivity contribution is 6.19. The van der Waals surface area contributed by atoms with Gasteiger partial charge in [0.05, 0.1) is 22.1 Å². The van der Waals surface area contributed by atoms with Gasteiger partial charge in [0.2, 0.25) is 5.95 Å². The van der Waals surface area contributed by atoms with Crippen LogP contribution in [0.5, 0.6) is 0 Å². The highest BCUT2D eigenvalue weighted by Gasteiger charge is 2.21. The zero-order chi connectivity index (χ0) is 30.3. The number of nitrogens with zero attached hydrogens (tertiary/aromatic N) is 5. The van der Waals surface area contributed by atoms with E-state index < -0.39 is 0 Å². The molecule has 0 fully saturated rings. The Labute approximate surface area is 262 Å². The molecule has 218 valence electrons. The first-order valence-electron chi connectivity index (χ1n) is 15.7. The summed E-state index contributed by atoms with van der Waals surface area (Å²) in [6.07, 6.45) is 14.8. The molecule has 0 unspecified atom stereocenters. The molecule has 0 saturated carbocycles. The molecule has 0 radical (unpaired) electrons. The first-order valence-corrected chi connectivity index (χ1v) is 15.7. The molecule has 45 heavy (non-hydrogen) atoms. The van der Waals surface area contributed by atoms with Crippen LogP contribution < -0.4 is 0 Å². The number of hydrogen-bond donors (Lipinski definition) is 0. The normalized spacial score (nSPS) is 14.2. The van der Waals surface area contributed by atoms with Crippen LogP contribution in [0.1, 0.15) is 38.4 Å². The van der Waals surface area contributed by atoms with Gasteiger partial charge in [-0.05, 0) is 56.9 Å². The van der Waals surface area contributed by atoms with Crippen LogP contribution in [0, 0.1) is 0 Å². The number of fused-ring (bicyclic) bond motifs is 6. The molecule has 1 aliphatic rings. The molecule has 0 saturated heterocycles. The van der Waals surface area contributed by atoms with Gasteiger partial charge in [0.25, 0.3) is 0 Å². The average molecular weight is 584 g/mol. The summed E-state index contributed by atoms with van der Waals surface area (Å²) in [5.41, 5.74) is 7.83. The summed E-state index contributed by atoms with van der Waals surface area (Å²) in [5, 5.41) is 4.89. The summed E-state index contributed by atoms with van der Waals surface area (Å²) in [5.74, 6) is 1.85. The predicted molar refractivity (Wildman–Crippen MR) is 188 cm³/mol. The second kappa shape index (κ2) is 11.2. The van der Waals surface area contributed by atoms with Gasteiger partial charge >= 0.3 is 0 Å². The van der Waals surface area contributed by atoms with Crippen LogP contribution in [0.4, 0.5) is 0 Å². The molecule has 0 bridgehead atoms. The zero-order valence-electron chi connectivity index (χ0n) is 25.3. The van der Waals surface area contributed by atoms with Gasteiger partial charge in [-0.3, -0.25) is 4.57 Å². The van der Waals surface area contributed by atoms with Gasteiger partial charge < -0.3 is 4.57 Å². The highest BCUT2D eigenvalue weighted by atomic mass is 15.2. The van der Waals surface area contributed by atoms with E-state index in [0.29, 0.717) is 17.6 Å². The smallest absolute Gasteiger partial charge is 0.238 e. The third-order valence-corrected chi connectivity index (χ3v) is 8.86. The number of rotatable bonds is 6. The molecule has 8 rings (SSSR count).